The lowest BCUT2D eigenvalue weighted by molar-refractivity contribution is -0.143. The quantitative estimate of drug-likeness (QED) is 0.0320. The Morgan fingerprint density at radius 2 is 0.627 bits per heavy atom. The number of aliphatic hydroxyl groups excluding tert-OH is 2. The van der Waals surface area contributed by atoms with Gasteiger partial charge in [0.25, 0.3) is 0 Å². The number of allylic oxidation sites excluding steroid dienone is 4. The summed E-state index contributed by atoms with van der Waals surface area (Å²) in [5, 5.41) is 23.3. The molecule has 2 atom stereocenters. The molecule has 0 spiro atoms. The molecule has 0 saturated carbocycles. The van der Waals surface area contributed by atoms with Gasteiger partial charge < -0.3 is 20.3 Å². The highest BCUT2D eigenvalue weighted by Gasteiger charge is 2.20. The van der Waals surface area contributed by atoms with Gasteiger partial charge in [-0.2, -0.15) is 0 Å². The van der Waals surface area contributed by atoms with Crippen molar-refractivity contribution in [2.24, 2.45) is 0 Å². The molecule has 0 fully saturated rings. The average molecular weight is 1060 g/mol. The molecule has 75 heavy (non-hydrogen) atoms. The molecule has 0 bridgehead atoms. The molecule has 2 unspecified atom stereocenters. The van der Waals surface area contributed by atoms with Gasteiger partial charge in [0.1, 0.15) is 0 Å². The summed E-state index contributed by atoms with van der Waals surface area (Å²) in [5.74, 6) is -0.0222. The Labute approximate surface area is 469 Å². The number of hydrogen-bond acceptors (Lipinski definition) is 5. The normalized spacial score (nSPS) is 12.6. The smallest absolute Gasteiger partial charge is 0.305 e. The van der Waals surface area contributed by atoms with Crippen molar-refractivity contribution in [3.05, 3.63) is 24.3 Å². The highest BCUT2D eigenvalue weighted by Crippen LogP contribution is 2.18. The van der Waals surface area contributed by atoms with Gasteiger partial charge in [0.05, 0.1) is 25.4 Å². The Morgan fingerprint density at radius 1 is 0.360 bits per heavy atom. The fourth-order valence-electron chi connectivity index (χ4n) is 10.7. The molecule has 0 aliphatic carbocycles. The highest BCUT2D eigenvalue weighted by atomic mass is 16.5. The molecule has 0 aromatic heterocycles. The third kappa shape index (κ3) is 61.4. The van der Waals surface area contributed by atoms with Crippen LogP contribution in [0.4, 0.5) is 0 Å². The number of carbonyl (C=O) groups is 2. The second kappa shape index (κ2) is 64.9. The molecule has 0 aliphatic rings. The SMILES string of the molecule is CCCCCCC/C=C\CCCCCCCC(=O)OCCCCCCCCCCCCCC/C=C\CCCCCCCCCCCCCCCCC(=O)NC(CO)C(O)CCCCCCCCCCCCCCCC. The molecule has 0 saturated heterocycles. The van der Waals surface area contributed by atoms with E-state index in [-0.39, 0.29) is 18.5 Å². The van der Waals surface area contributed by atoms with Crippen molar-refractivity contribution in [3.63, 3.8) is 0 Å². The molecular formula is C69H133NO5. The first-order valence-electron chi connectivity index (χ1n) is 34.1. The van der Waals surface area contributed by atoms with Gasteiger partial charge in [0.2, 0.25) is 5.91 Å². The number of nitrogens with one attached hydrogen (secondary N) is 1. The van der Waals surface area contributed by atoms with Crippen LogP contribution in [-0.2, 0) is 14.3 Å². The first-order chi connectivity index (χ1) is 37.0. The number of ether oxygens (including phenoxy) is 1. The van der Waals surface area contributed by atoms with Gasteiger partial charge in [-0.05, 0) is 77.0 Å². The molecule has 0 aliphatic heterocycles. The van der Waals surface area contributed by atoms with Crippen molar-refractivity contribution in [2.75, 3.05) is 13.2 Å². The minimum atomic E-state index is -0.662. The van der Waals surface area contributed by atoms with Crippen LogP contribution in [0.1, 0.15) is 380 Å². The number of unbranched alkanes of at least 4 members (excludes halogenated alkanes) is 49. The highest BCUT2D eigenvalue weighted by molar-refractivity contribution is 5.76. The molecule has 0 aromatic carbocycles. The number of amides is 1. The Balaban J connectivity index is 3.35. The maximum Gasteiger partial charge on any atom is 0.305 e. The van der Waals surface area contributed by atoms with Gasteiger partial charge in [-0.3, -0.25) is 9.59 Å². The van der Waals surface area contributed by atoms with Crippen LogP contribution in [-0.4, -0.2) is 47.4 Å². The number of aliphatic hydroxyl groups is 2. The van der Waals surface area contributed by atoms with Crippen molar-refractivity contribution >= 4 is 11.9 Å². The van der Waals surface area contributed by atoms with Crippen LogP contribution in [0.2, 0.25) is 0 Å². The summed E-state index contributed by atoms with van der Waals surface area (Å²) in [6, 6.07) is -0.539. The lowest BCUT2D eigenvalue weighted by Gasteiger charge is -2.22. The van der Waals surface area contributed by atoms with E-state index in [1.54, 1.807) is 0 Å². The van der Waals surface area contributed by atoms with Gasteiger partial charge in [-0.1, -0.05) is 314 Å². The van der Waals surface area contributed by atoms with Gasteiger partial charge in [-0.15, -0.1) is 0 Å². The van der Waals surface area contributed by atoms with E-state index in [1.165, 1.54) is 302 Å². The van der Waals surface area contributed by atoms with Crippen molar-refractivity contribution < 1.29 is 24.5 Å². The molecule has 0 rings (SSSR count). The standard InChI is InChI=1S/C69H133NO5/c1-3-5-7-9-11-13-15-17-37-41-45-49-53-57-61-67(72)66(65-71)70-68(73)62-58-54-50-46-42-38-35-33-31-29-27-25-23-21-19-20-22-24-26-28-30-32-34-36-40-44-48-52-56-60-64-75-69(74)63-59-55-51-47-43-39-18-16-14-12-10-8-6-4-2/h16,18,20,22,66-67,71-72H,3-15,17,19,21,23-65H2,1-2H3,(H,70,73)/b18-16-,22-20-. The summed E-state index contributed by atoms with van der Waals surface area (Å²) in [7, 11) is 0. The Bertz CT molecular complexity index is 1170. The summed E-state index contributed by atoms with van der Waals surface area (Å²) >= 11 is 0. The topological polar surface area (TPSA) is 95.9 Å². The fraction of sp³-hybridized carbons (Fsp3) is 0.913. The molecule has 0 heterocycles. The van der Waals surface area contributed by atoms with Crippen LogP contribution in [0.5, 0.6) is 0 Å². The first-order valence-corrected chi connectivity index (χ1v) is 34.1. The van der Waals surface area contributed by atoms with Crippen LogP contribution in [0, 0.1) is 0 Å². The summed E-state index contributed by atoms with van der Waals surface area (Å²) in [5.41, 5.74) is 0. The molecule has 0 aromatic rings. The van der Waals surface area contributed by atoms with Crippen LogP contribution < -0.4 is 5.32 Å². The van der Waals surface area contributed by atoms with E-state index in [9.17, 15) is 19.8 Å². The zero-order valence-corrected chi connectivity index (χ0v) is 50.8. The third-order valence-corrected chi connectivity index (χ3v) is 16.0. The Morgan fingerprint density at radius 3 is 0.947 bits per heavy atom. The van der Waals surface area contributed by atoms with E-state index >= 15 is 0 Å². The monoisotopic (exact) mass is 1060 g/mol. The largest absolute Gasteiger partial charge is 0.466 e. The molecule has 3 N–H and O–H groups in total. The third-order valence-electron chi connectivity index (χ3n) is 16.0. The zero-order valence-electron chi connectivity index (χ0n) is 50.8. The second-order valence-electron chi connectivity index (χ2n) is 23.5. The van der Waals surface area contributed by atoms with Crippen molar-refractivity contribution in [2.45, 2.75) is 392 Å². The maximum absolute atomic E-state index is 12.5. The zero-order chi connectivity index (χ0) is 54.3. The van der Waals surface area contributed by atoms with E-state index in [0.29, 0.717) is 25.9 Å². The molecule has 6 nitrogen and oxygen atoms in total. The van der Waals surface area contributed by atoms with Crippen molar-refractivity contribution in [3.8, 4) is 0 Å². The minimum Gasteiger partial charge on any atom is -0.466 e. The van der Waals surface area contributed by atoms with Crippen LogP contribution in [0.25, 0.3) is 0 Å². The lowest BCUT2D eigenvalue weighted by Crippen LogP contribution is -2.45. The van der Waals surface area contributed by atoms with E-state index in [4.69, 9.17) is 4.74 Å². The number of rotatable bonds is 64. The van der Waals surface area contributed by atoms with Crippen molar-refractivity contribution in [1.29, 1.82) is 0 Å². The van der Waals surface area contributed by atoms with E-state index in [1.807, 2.05) is 0 Å². The maximum atomic E-state index is 12.5. The van der Waals surface area contributed by atoms with Gasteiger partial charge in [-0.25, -0.2) is 0 Å². The fourth-order valence-corrected chi connectivity index (χ4v) is 10.7. The summed E-state index contributed by atoms with van der Waals surface area (Å²) in [6.45, 7) is 4.97. The van der Waals surface area contributed by atoms with Crippen LogP contribution in [0.15, 0.2) is 24.3 Å². The molecule has 0 radical (unpaired) electrons. The molecule has 6 heteroatoms. The average Bonchev–Trinajstić information content (AvgIpc) is 3.41. The number of hydrogen-bond donors (Lipinski definition) is 3. The Kier molecular flexibility index (Phi) is 63.4. The summed E-state index contributed by atoms with van der Waals surface area (Å²) < 4.78 is 5.48. The van der Waals surface area contributed by atoms with E-state index < -0.39 is 12.1 Å². The van der Waals surface area contributed by atoms with E-state index in [0.717, 1.165) is 44.9 Å². The van der Waals surface area contributed by atoms with Crippen molar-refractivity contribution in [1.82, 2.24) is 5.32 Å². The van der Waals surface area contributed by atoms with Gasteiger partial charge in [0.15, 0.2) is 0 Å². The Hall–Kier alpha value is -1.66. The van der Waals surface area contributed by atoms with Crippen LogP contribution in [0.3, 0.4) is 0 Å². The second-order valence-corrected chi connectivity index (χ2v) is 23.5. The number of carbonyl (C=O) groups excluding carboxylic acids is 2. The predicted octanol–water partition coefficient (Wildman–Crippen LogP) is 21.8. The lowest BCUT2D eigenvalue weighted by atomic mass is 10.0. The van der Waals surface area contributed by atoms with E-state index in [2.05, 4.69) is 43.5 Å². The predicted molar refractivity (Wildman–Crippen MR) is 329 cm³/mol. The summed E-state index contributed by atoms with van der Waals surface area (Å²) in [6.07, 6.45) is 80.8. The van der Waals surface area contributed by atoms with Gasteiger partial charge in [0, 0.05) is 12.8 Å². The van der Waals surface area contributed by atoms with Crippen LogP contribution >= 0.6 is 0 Å². The minimum absolute atomic E-state index is 0.00902. The number of esters is 1. The molecule has 1 amide bonds. The molecule has 444 valence electrons. The van der Waals surface area contributed by atoms with Gasteiger partial charge >= 0.3 is 5.97 Å². The molecular weight excluding hydrogens is 923 g/mol. The first kappa shape index (κ1) is 73.3. The summed E-state index contributed by atoms with van der Waals surface area (Å²) in [4.78, 5) is 24.5.